The Morgan fingerprint density at radius 3 is 2.86 bits per heavy atom. The van der Waals surface area contributed by atoms with Gasteiger partial charge in [0.15, 0.2) is 10.3 Å². The van der Waals surface area contributed by atoms with Crippen LogP contribution >= 0.6 is 23.1 Å². The summed E-state index contributed by atoms with van der Waals surface area (Å²) >= 11 is 2.95. The van der Waals surface area contributed by atoms with E-state index in [1.54, 1.807) is 19.5 Å². The standard InChI is InChI=1S/C13H18N4O2S2/c1-13(7-18,8-19-2)9-6-15-11(20-3)16-10(9)17-12-14-4-5-21-12/h4-6,18H,7-8H2,1-3H3,(H,14,15,16,17). The molecule has 6 nitrogen and oxygen atoms in total. The largest absolute Gasteiger partial charge is 0.395 e. The smallest absolute Gasteiger partial charge is 0.189 e. The summed E-state index contributed by atoms with van der Waals surface area (Å²) in [6.07, 6.45) is 5.39. The first kappa shape index (κ1) is 16.2. The number of aliphatic hydroxyl groups excluding tert-OH is 1. The van der Waals surface area contributed by atoms with E-state index in [-0.39, 0.29) is 6.61 Å². The van der Waals surface area contributed by atoms with Crippen molar-refractivity contribution in [1.29, 1.82) is 0 Å². The lowest BCUT2D eigenvalue weighted by atomic mass is 9.85. The van der Waals surface area contributed by atoms with Crippen molar-refractivity contribution in [3.05, 3.63) is 23.3 Å². The highest BCUT2D eigenvalue weighted by molar-refractivity contribution is 7.98. The maximum atomic E-state index is 9.77. The molecule has 0 saturated carbocycles. The van der Waals surface area contributed by atoms with E-state index >= 15 is 0 Å². The highest BCUT2D eigenvalue weighted by atomic mass is 32.2. The number of hydrogen-bond donors (Lipinski definition) is 2. The van der Waals surface area contributed by atoms with E-state index < -0.39 is 5.41 Å². The molecule has 0 radical (unpaired) electrons. The number of nitrogens with zero attached hydrogens (tertiary/aromatic N) is 3. The fourth-order valence-electron chi connectivity index (χ4n) is 1.91. The van der Waals surface area contributed by atoms with Gasteiger partial charge in [0.1, 0.15) is 5.82 Å². The minimum absolute atomic E-state index is 0.0602. The molecule has 0 aliphatic heterocycles. The van der Waals surface area contributed by atoms with Crippen LogP contribution in [0.25, 0.3) is 0 Å². The number of aromatic nitrogens is 3. The Hall–Kier alpha value is -1.22. The highest BCUT2D eigenvalue weighted by Crippen LogP contribution is 2.32. The highest BCUT2D eigenvalue weighted by Gasteiger charge is 2.30. The zero-order chi connectivity index (χ0) is 15.3. The van der Waals surface area contributed by atoms with Gasteiger partial charge in [-0.3, -0.25) is 0 Å². The van der Waals surface area contributed by atoms with Crippen LogP contribution in [-0.2, 0) is 10.2 Å². The van der Waals surface area contributed by atoms with E-state index in [0.29, 0.717) is 17.6 Å². The Morgan fingerprint density at radius 2 is 2.29 bits per heavy atom. The molecule has 1 atom stereocenters. The SMILES string of the molecule is COCC(C)(CO)c1cnc(SC)nc1Nc1nccs1. The molecule has 0 fully saturated rings. The average Bonchev–Trinajstić information content (AvgIpc) is 3.00. The van der Waals surface area contributed by atoms with Crippen LogP contribution < -0.4 is 5.32 Å². The summed E-state index contributed by atoms with van der Waals surface area (Å²) in [5, 5.41) is 16.3. The second-order valence-corrected chi connectivity index (χ2v) is 6.40. The van der Waals surface area contributed by atoms with Crippen molar-refractivity contribution in [2.75, 3.05) is 31.9 Å². The summed E-state index contributed by atoms with van der Waals surface area (Å²) in [7, 11) is 1.61. The molecule has 0 aliphatic carbocycles. The number of thiazole rings is 1. The maximum absolute atomic E-state index is 9.77. The molecule has 21 heavy (non-hydrogen) atoms. The number of rotatable bonds is 7. The van der Waals surface area contributed by atoms with Crippen LogP contribution in [0.15, 0.2) is 22.9 Å². The predicted octanol–water partition coefficient (Wildman–Crippen LogP) is 2.29. The lowest BCUT2D eigenvalue weighted by Gasteiger charge is -2.28. The van der Waals surface area contributed by atoms with Crippen molar-refractivity contribution < 1.29 is 9.84 Å². The number of methoxy groups -OCH3 is 1. The maximum Gasteiger partial charge on any atom is 0.189 e. The Morgan fingerprint density at radius 1 is 1.48 bits per heavy atom. The Kier molecular flexibility index (Phi) is 5.51. The number of thioether (sulfide) groups is 1. The van der Waals surface area contributed by atoms with Crippen LogP contribution in [-0.4, -0.2) is 46.6 Å². The van der Waals surface area contributed by atoms with Crippen molar-refractivity contribution in [2.24, 2.45) is 0 Å². The van der Waals surface area contributed by atoms with Crippen LogP contribution in [0.4, 0.5) is 10.9 Å². The van der Waals surface area contributed by atoms with Gasteiger partial charge in [-0.2, -0.15) is 0 Å². The number of anilines is 2. The molecule has 0 amide bonds. The fraction of sp³-hybridized carbons (Fsp3) is 0.462. The first-order chi connectivity index (χ1) is 10.1. The number of nitrogens with one attached hydrogen (secondary N) is 1. The zero-order valence-electron chi connectivity index (χ0n) is 12.2. The summed E-state index contributed by atoms with van der Waals surface area (Å²) in [5.41, 5.74) is 0.227. The van der Waals surface area contributed by atoms with Gasteiger partial charge in [0.25, 0.3) is 0 Å². The van der Waals surface area contributed by atoms with Crippen molar-refractivity contribution >= 4 is 34.0 Å². The Bertz CT molecular complexity index is 580. The molecule has 0 bridgehead atoms. The first-order valence-corrected chi connectivity index (χ1v) is 8.41. The zero-order valence-corrected chi connectivity index (χ0v) is 13.8. The summed E-state index contributed by atoms with van der Waals surface area (Å²) in [6, 6.07) is 0. The number of ether oxygens (including phenoxy) is 1. The van der Waals surface area contributed by atoms with Gasteiger partial charge in [-0.15, -0.1) is 11.3 Å². The average molecular weight is 326 g/mol. The quantitative estimate of drug-likeness (QED) is 0.597. The van der Waals surface area contributed by atoms with Gasteiger partial charge in [0.05, 0.1) is 13.2 Å². The van der Waals surface area contributed by atoms with Crippen molar-refractivity contribution in [3.8, 4) is 0 Å². The molecule has 0 saturated heterocycles. The monoisotopic (exact) mass is 326 g/mol. The summed E-state index contributed by atoms with van der Waals surface area (Å²) in [5.74, 6) is 0.651. The van der Waals surface area contributed by atoms with Gasteiger partial charge >= 0.3 is 0 Å². The Labute approximate surface area is 132 Å². The van der Waals surface area contributed by atoms with E-state index in [4.69, 9.17) is 4.74 Å². The summed E-state index contributed by atoms with van der Waals surface area (Å²) in [4.78, 5) is 13.0. The molecule has 2 aromatic heterocycles. The second kappa shape index (κ2) is 7.17. The molecule has 2 N–H and O–H groups in total. The van der Waals surface area contributed by atoms with Gasteiger partial charge in [0.2, 0.25) is 0 Å². The minimum atomic E-state index is -0.578. The van der Waals surface area contributed by atoms with Crippen molar-refractivity contribution in [3.63, 3.8) is 0 Å². The van der Waals surface area contributed by atoms with Crippen LogP contribution in [0.2, 0.25) is 0 Å². The third-order valence-electron chi connectivity index (χ3n) is 3.07. The molecule has 2 rings (SSSR count). The third kappa shape index (κ3) is 3.70. The number of hydrogen-bond acceptors (Lipinski definition) is 8. The molecule has 1 unspecified atom stereocenters. The topological polar surface area (TPSA) is 80.2 Å². The third-order valence-corrected chi connectivity index (χ3v) is 4.32. The van der Waals surface area contributed by atoms with E-state index in [1.807, 2.05) is 18.6 Å². The lowest BCUT2D eigenvalue weighted by molar-refractivity contribution is 0.0927. The fourth-order valence-corrected chi connectivity index (χ4v) is 2.78. The molecule has 8 heteroatoms. The second-order valence-electron chi connectivity index (χ2n) is 4.73. The summed E-state index contributed by atoms with van der Waals surface area (Å²) in [6.45, 7) is 2.23. The van der Waals surface area contributed by atoms with Crippen LogP contribution in [0.1, 0.15) is 12.5 Å². The predicted molar refractivity (Wildman–Crippen MR) is 85.5 cm³/mol. The van der Waals surface area contributed by atoms with Gasteiger partial charge in [-0.05, 0) is 6.26 Å². The molecule has 0 aromatic carbocycles. The summed E-state index contributed by atoms with van der Waals surface area (Å²) < 4.78 is 5.24. The van der Waals surface area contributed by atoms with Gasteiger partial charge in [0, 0.05) is 35.9 Å². The van der Waals surface area contributed by atoms with Crippen molar-refractivity contribution in [1.82, 2.24) is 15.0 Å². The van der Waals surface area contributed by atoms with E-state index in [2.05, 4.69) is 20.3 Å². The van der Waals surface area contributed by atoms with Crippen molar-refractivity contribution in [2.45, 2.75) is 17.5 Å². The van der Waals surface area contributed by atoms with Gasteiger partial charge < -0.3 is 15.2 Å². The van der Waals surface area contributed by atoms with Gasteiger partial charge in [-0.1, -0.05) is 18.7 Å². The number of aliphatic hydroxyl groups is 1. The molecule has 114 valence electrons. The molecule has 2 heterocycles. The van der Waals surface area contributed by atoms with E-state index in [0.717, 1.165) is 10.7 Å². The Balaban J connectivity index is 2.43. The van der Waals surface area contributed by atoms with E-state index in [1.165, 1.54) is 23.1 Å². The molecule has 2 aromatic rings. The van der Waals surface area contributed by atoms with E-state index in [9.17, 15) is 5.11 Å². The molecular weight excluding hydrogens is 308 g/mol. The minimum Gasteiger partial charge on any atom is -0.395 e. The lowest BCUT2D eigenvalue weighted by Crippen LogP contribution is -2.33. The first-order valence-electron chi connectivity index (χ1n) is 6.31. The van der Waals surface area contributed by atoms with Crippen LogP contribution in [0.5, 0.6) is 0 Å². The molecule has 0 aliphatic rings. The van der Waals surface area contributed by atoms with Crippen LogP contribution in [0.3, 0.4) is 0 Å². The normalized spacial score (nSPS) is 13.9. The molecule has 0 spiro atoms. The van der Waals surface area contributed by atoms with Crippen LogP contribution in [0, 0.1) is 0 Å². The van der Waals surface area contributed by atoms with Gasteiger partial charge in [-0.25, -0.2) is 15.0 Å². The molecular formula is C13H18N4O2S2.